The molecule has 2 rings (SSSR count). The highest BCUT2D eigenvalue weighted by Crippen LogP contribution is 2.30. The second-order valence-corrected chi connectivity index (χ2v) is 5.32. The van der Waals surface area contributed by atoms with Gasteiger partial charge in [0.2, 0.25) is 0 Å². The molecule has 16 heavy (non-hydrogen) atoms. The molecule has 2 heteroatoms. The van der Waals surface area contributed by atoms with Crippen molar-refractivity contribution < 1.29 is 0 Å². The third-order valence-corrected chi connectivity index (χ3v) is 3.10. The standard InChI is InChI=1S/C14H16ClN/c1-14(2,3)12-7-6-10(9-15)11-5-4-8-16-13(11)12/h4-8H,9H2,1-3H3. The molecule has 0 saturated carbocycles. The molecule has 84 valence electrons. The van der Waals surface area contributed by atoms with E-state index in [9.17, 15) is 0 Å². The van der Waals surface area contributed by atoms with Crippen molar-refractivity contribution in [2.45, 2.75) is 32.1 Å². The van der Waals surface area contributed by atoms with E-state index in [-0.39, 0.29) is 5.41 Å². The van der Waals surface area contributed by atoms with Gasteiger partial charge in [0.15, 0.2) is 0 Å². The van der Waals surface area contributed by atoms with Crippen molar-refractivity contribution in [3.05, 3.63) is 41.6 Å². The number of rotatable bonds is 1. The fourth-order valence-corrected chi connectivity index (χ4v) is 2.19. The molecule has 1 heterocycles. The molecule has 0 fully saturated rings. The summed E-state index contributed by atoms with van der Waals surface area (Å²) in [4.78, 5) is 4.50. The Morgan fingerprint density at radius 1 is 1.19 bits per heavy atom. The fourth-order valence-electron chi connectivity index (χ4n) is 1.95. The minimum Gasteiger partial charge on any atom is -0.256 e. The highest BCUT2D eigenvalue weighted by atomic mass is 35.5. The van der Waals surface area contributed by atoms with Gasteiger partial charge in [-0.05, 0) is 22.6 Å². The average molecular weight is 234 g/mol. The van der Waals surface area contributed by atoms with E-state index in [1.807, 2.05) is 12.3 Å². The Balaban J connectivity index is 2.80. The van der Waals surface area contributed by atoms with Crippen molar-refractivity contribution >= 4 is 22.5 Å². The maximum atomic E-state index is 5.94. The topological polar surface area (TPSA) is 12.9 Å². The Kier molecular flexibility index (Phi) is 2.90. The molecule has 0 amide bonds. The molecule has 0 aliphatic carbocycles. The van der Waals surface area contributed by atoms with Crippen molar-refractivity contribution in [1.82, 2.24) is 4.98 Å². The Labute approximate surface area is 101 Å². The molecule has 1 aromatic heterocycles. The van der Waals surface area contributed by atoms with E-state index in [1.54, 1.807) is 0 Å². The second-order valence-electron chi connectivity index (χ2n) is 5.06. The lowest BCUT2D eigenvalue weighted by Crippen LogP contribution is -2.12. The molecule has 0 radical (unpaired) electrons. The van der Waals surface area contributed by atoms with Gasteiger partial charge in [-0.1, -0.05) is 39.0 Å². The Morgan fingerprint density at radius 2 is 1.94 bits per heavy atom. The third kappa shape index (κ3) is 1.92. The molecule has 0 N–H and O–H groups in total. The summed E-state index contributed by atoms with van der Waals surface area (Å²) in [7, 11) is 0. The number of benzene rings is 1. The van der Waals surface area contributed by atoms with Gasteiger partial charge in [-0.2, -0.15) is 0 Å². The summed E-state index contributed by atoms with van der Waals surface area (Å²) in [6, 6.07) is 8.31. The van der Waals surface area contributed by atoms with Gasteiger partial charge in [0.1, 0.15) is 0 Å². The first kappa shape index (κ1) is 11.4. The number of nitrogens with zero attached hydrogens (tertiary/aromatic N) is 1. The zero-order valence-corrected chi connectivity index (χ0v) is 10.7. The first-order chi connectivity index (χ1) is 7.54. The summed E-state index contributed by atoms with van der Waals surface area (Å²) in [5.41, 5.74) is 3.61. The van der Waals surface area contributed by atoms with E-state index in [0.717, 1.165) is 11.1 Å². The molecule has 0 aliphatic heterocycles. The number of hydrogen-bond donors (Lipinski definition) is 0. The van der Waals surface area contributed by atoms with Gasteiger partial charge in [-0.25, -0.2) is 0 Å². The van der Waals surface area contributed by atoms with Crippen molar-refractivity contribution in [2.75, 3.05) is 0 Å². The number of aromatic nitrogens is 1. The van der Waals surface area contributed by atoms with Crippen molar-refractivity contribution in [3.63, 3.8) is 0 Å². The van der Waals surface area contributed by atoms with E-state index >= 15 is 0 Å². The second kappa shape index (κ2) is 4.06. The summed E-state index contributed by atoms with van der Waals surface area (Å²) < 4.78 is 0. The molecule has 0 atom stereocenters. The van der Waals surface area contributed by atoms with Crippen LogP contribution in [0, 0.1) is 0 Å². The van der Waals surface area contributed by atoms with Gasteiger partial charge in [0, 0.05) is 17.5 Å². The summed E-state index contributed by atoms with van der Waals surface area (Å²) >= 11 is 5.94. The first-order valence-electron chi connectivity index (χ1n) is 5.47. The first-order valence-corrected chi connectivity index (χ1v) is 6.00. The average Bonchev–Trinajstić information content (AvgIpc) is 2.26. The summed E-state index contributed by atoms with van der Waals surface area (Å²) in [6.45, 7) is 6.62. The summed E-state index contributed by atoms with van der Waals surface area (Å²) in [5, 5.41) is 1.17. The van der Waals surface area contributed by atoms with Crippen LogP contribution in [0.5, 0.6) is 0 Å². The van der Waals surface area contributed by atoms with Gasteiger partial charge in [0.05, 0.1) is 5.52 Å². The Morgan fingerprint density at radius 3 is 2.56 bits per heavy atom. The van der Waals surface area contributed by atoms with E-state index in [4.69, 9.17) is 11.6 Å². The van der Waals surface area contributed by atoms with Crippen LogP contribution in [0.25, 0.3) is 10.9 Å². The van der Waals surface area contributed by atoms with Crippen LogP contribution in [0.3, 0.4) is 0 Å². The van der Waals surface area contributed by atoms with Crippen LogP contribution in [0.4, 0.5) is 0 Å². The quantitative estimate of drug-likeness (QED) is 0.671. The van der Waals surface area contributed by atoms with Gasteiger partial charge in [0.25, 0.3) is 0 Å². The summed E-state index contributed by atoms with van der Waals surface area (Å²) in [6.07, 6.45) is 1.84. The molecule has 0 saturated heterocycles. The molecule has 1 aromatic carbocycles. The molecular formula is C14H16ClN. The molecule has 0 spiro atoms. The molecular weight excluding hydrogens is 218 g/mol. The monoisotopic (exact) mass is 233 g/mol. The van der Waals surface area contributed by atoms with Crippen LogP contribution in [-0.4, -0.2) is 4.98 Å². The molecule has 0 unspecified atom stereocenters. The largest absolute Gasteiger partial charge is 0.256 e. The van der Waals surface area contributed by atoms with Crippen LogP contribution in [0.2, 0.25) is 0 Å². The lowest BCUT2D eigenvalue weighted by atomic mass is 9.84. The minimum absolute atomic E-state index is 0.109. The zero-order valence-electron chi connectivity index (χ0n) is 9.92. The number of pyridine rings is 1. The molecule has 1 nitrogen and oxygen atoms in total. The fraction of sp³-hybridized carbons (Fsp3) is 0.357. The minimum atomic E-state index is 0.109. The lowest BCUT2D eigenvalue weighted by molar-refractivity contribution is 0.594. The van der Waals surface area contributed by atoms with Gasteiger partial charge in [-0.15, -0.1) is 11.6 Å². The van der Waals surface area contributed by atoms with Crippen LogP contribution in [0.15, 0.2) is 30.5 Å². The van der Waals surface area contributed by atoms with Crippen molar-refractivity contribution in [2.24, 2.45) is 0 Å². The van der Waals surface area contributed by atoms with Crippen molar-refractivity contribution in [1.29, 1.82) is 0 Å². The van der Waals surface area contributed by atoms with Crippen LogP contribution in [0.1, 0.15) is 31.9 Å². The van der Waals surface area contributed by atoms with E-state index < -0.39 is 0 Å². The highest BCUT2D eigenvalue weighted by Gasteiger charge is 2.18. The summed E-state index contributed by atoms with van der Waals surface area (Å²) in [5.74, 6) is 0.534. The molecule has 0 aliphatic rings. The van der Waals surface area contributed by atoms with E-state index in [2.05, 4.69) is 44.0 Å². The van der Waals surface area contributed by atoms with Crippen molar-refractivity contribution in [3.8, 4) is 0 Å². The third-order valence-electron chi connectivity index (χ3n) is 2.81. The number of fused-ring (bicyclic) bond motifs is 1. The SMILES string of the molecule is CC(C)(C)c1ccc(CCl)c2cccnc12. The maximum absolute atomic E-state index is 5.94. The van der Waals surface area contributed by atoms with E-state index in [0.29, 0.717) is 5.88 Å². The predicted octanol–water partition coefficient (Wildman–Crippen LogP) is 4.27. The molecule has 2 aromatic rings. The number of hydrogen-bond acceptors (Lipinski definition) is 1. The van der Waals surface area contributed by atoms with E-state index in [1.165, 1.54) is 10.9 Å². The lowest BCUT2D eigenvalue weighted by Gasteiger charge is -2.21. The number of halogens is 1. The number of alkyl halides is 1. The Bertz CT molecular complexity index is 512. The van der Waals surface area contributed by atoms with Gasteiger partial charge < -0.3 is 0 Å². The maximum Gasteiger partial charge on any atom is 0.0742 e. The highest BCUT2D eigenvalue weighted by molar-refractivity contribution is 6.18. The Hall–Kier alpha value is -1.08. The van der Waals surface area contributed by atoms with Crippen LogP contribution < -0.4 is 0 Å². The van der Waals surface area contributed by atoms with Gasteiger partial charge >= 0.3 is 0 Å². The van der Waals surface area contributed by atoms with Crippen LogP contribution in [-0.2, 0) is 11.3 Å². The van der Waals surface area contributed by atoms with Crippen LogP contribution >= 0.6 is 11.6 Å². The zero-order chi connectivity index (χ0) is 11.8. The normalized spacial score (nSPS) is 12.0. The van der Waals surface area contributed by atoms with Gasteiger partial charge in [-0.3, -0.25) is 4.98 Å². The smallest absolute Gasteiger partial charge is 0.0742 e. The predicted molar refractivity (Wildman–Crippen MR) is 70.0 cm³/mol. The molecule has 0 bridgehead atoms.